The van der Waals surface area contributed by atoms with Crippen LogP contribution in [0, 0.1) is 17.5 Å². The van der Waals surface area contributed by atoms with Gasteiger partial charge in [0.1, 0.15) is 11.3 Å². The standard InChI is InChI=1S/C17H15ClF3N5O2/c1-28-5-4-22-17-24-14-9(7-12(20)13(21)15(14)25-17)16(26-27)23-8-2-3-11(19)10(18)6-8/h2-3,6-7,27H,4-5H2,1H3,(H,23,26)(H2,22,24,25). The quantitative estimate of drug-likeness (QED) is 0.161. The van der Waals surface area contributed by atoms with E-state index in [1.165, 1.54) is 19.2 Å². The number of anilines is 2. The summed E-state index contributed by atoms with van der Waals surface area (Å²) in [7, 11) is 1.52. The maximum Gasteiger partial charge on any atom is 0.201 e. The normalized spacial score (nSPS) is 11.8. The minimum atomic E-state index is -1.18. The van der Waals surface area contributed by atoms with Crippen molar-refractivity contribution in [3.8, 4) is 0 Å². The van der Waals surface area contributed by atoms with Gasteiger partial charge in [0.2, 0.25) is 5.95 Å². The number of benzene rings is 2. The topological polar surface area (TPSA) is 94.6 Å². The van der Waals surface area contributed by atoms with Gasteiger partial charge in [0.15, 0.2) is 17.5 Å². The molecule has 2 aromatic carbocycles. The second-order valence-corrected chi connectivity index (χ2v) is 6.06. The van der Waals surface area contributed by atoms with Gasteiger partial charge in [-0.15, -0.1) is 0 Å². The molecule has 0 unspecified atom stereocenters. The fourth-order valence-corrected chi connectivity index (χ4v) is 2.68. The molecule has 0 aliphatic heterocycles. The Morgan fingerprint density at radius 1 is 1.29 bits per heavy atom. The molecular weight excluding hydrogens is 399 g/mol. The highest BCUT2D eigenvalue weighted by Gasteiger charge is 2.20. The zero-order valence-corrected chi connectivity index (χ0v) is 15.2. The molecule has 0 atom stereocenters. The van der Waals surface area contributed by atoms with Gasteiger partial charge in [0.05, 0.1) is 17.1 Å². The van der Waals surface area contributed by atoms with E-state index in [4.69, 9.17) is 16.3 Å². The van der Waals surface area contributed by atoms with Crippen molar-refractivity contribution >= 4 is 40.1 Å². The SMILES string of the molecule is COCCNc1nc2c(F)c(F)cc(/C(=N/O)Nc3ccc(F)c(Cl)c3)c2[nH]1. The van der Waals surface area contributed by atoms with Gasteiger partial charge < -0.3 is 25.6 Å². The van der Waals surface area contributed by atoms with E-state index >= 15 is 0 Å². The summed E-state index contributed by atoms with van der Waals surface area (Å²) in [5.41, 5.74) is 0.0847. The van der Waals surface area contributed by atoms with Crippen molar-refractivity contribution in [1.82, 2.24) is 9.97 Å². The molecule has 3 aromatic rings. The van der Waals surface area contributed by atoms with Gasteiger partial charge in [-0.05, 0) is 24.3 Å². The van der Waals surface area contributed by atoms with Gasteiger partial charge in [0.25, 0.3) is 0 Å². The van der Waals surface area contributed by atoms with Gasteiger partial charge in [-0.1, -0.05) is 16.8 Å². The fourth-order valence-electron chi connectivity index (χ4n) is 2.50. The van der Waals surface area contributed by atoms with Gasteiger partial charge in [-0.25, -0.2) is 18.2 Å². The molecule has 4 N–H and O–H groups in total. The van der Waals surface area contributed by atoms with E-state index in [-0.39, 0.29) is 39.1 Å². The molecule has 7 nitrogen and oxygen atoms in total. The number of amidine groups is 1. The van der Waals surface area contributed by atoms with Crippen LogP contribution >= 0.6 is 11.6 Å². The van der Waals surface area contributed by atoms with E-state index in [9.17, 15) is 18.4 Å². The van der Waals surface area contributed by atoms with Crippen LogP contribution in [0.15, 0.2) is 29.4 Å². The molecular formula is C17H15ClF3N5O2. The van der Waals surface area contributed by atoms with Crippen molar-refractivity contribution in [1.29, 1.82) is 0 Å². The van der Waals surface area contributed by atoms with Gasteiger partial charge >= 0.3 is 0 Å². The average Bonchev–Trinajstić information content (AvgIpc) is 3.10. The van der Waals surface area contributed by atoms with Crippen molar-refractivity contribution in [3.63, 3.8) is 0 Å². The number of aromatic amines is 1. The Hall–Kier alpha value is -2.98. The van der Waals surface area contributed by atoms with E-state index in [0.717, 1.165) is 12.1 Å². The number of methoxy groups -OCH3 is 1. The maximum absolute atomic E-state index is 14.2. The Morgan fingerprint density at radius 3 is 2.75 bits per heavy atom. The predicted molar refractivity (Wildman–Crippen MR) is 99.7 cm³/mol. The van der Waals surface area contributed by atoms with Crippen molar-refractivity contribution < 1.29 is 23.1 Å². The Labute approximate surface area is 162 Å². The number of ether oxygens (including phenoxy) is 1. The van der Waals surface area contributed by atoms with Crippen LogP contribution < -0.4 is 10.6 Å². The number of nitrogens with one attached hydrogen (secondary N) is 3. The van der Waals surface area contributed by atoms with Gasteiger partial charge in [-0.3, -0.25) is 0 Å². The first-order valence-corrected chi connectivity index (χ1v) is 8.37. The number of H-pyrrole nitrogens is 1. The Morgan fingerprint density at radius 2 is 2.07 bits per heavy atom. The molecule has 0 saturated heterocycles. The van der Waals surface area contributed by atoms with Gasteiger partial charge in [-0.2, -0.15) is 0 Å². The third-order valence-corrected chi connectivity index (χ3v) is 4.09. The number of rotatable bonds is 6. The minimum Gasteiger partial charge on any atom is -0.409 e. The summed E-state index contributed by atoms with van der Waals surface area (Å²) in [5.74, 6) is -3.02. The number of fused-ring (bicyclic) bond motifs is 1. The molecule has 0 amide bonds. The highest BCUT2D eigenvalue weighted by Crippen LogP contribution is 2.26. The molecule has 1 heterocycles. The molecule has 28 heavy (non-hydrogen) atoms. The van der Waals surface area contributed by atoms with Crippen molar-refractivity contribution in [3.05, 3.63) is 52.3 Å². The van der Waals surface area contributed by atoms with E-state index in [2.05, 4.69) is 25.8 Å². The lowest BCUT2D eigenvalue weighted by molar-refractivity contribution is 0.210. The number of hydrogen-bond acceptors (Lipinski definition) is 5. The van der Waals surface area contributed by atoms with E-state index < -0.39 is 17.5 Å². The van der Waals surface area contributed by atoms with Crippen LogP contribution in [0.2, 0.25) is 5.02 Å². The molecule has 0 bridgehead atoms. The maximum atomic E-state index is 14.2. The van der Waals surface area contributed by atoms with E-state index in [1.54, 1.807) is 0 Å². The lowest BCUT2D eigenvalue weighted by Crippen LogP contribution is -2.15. The highest BCUT2D eigenvalue weighted by molar-refractivity contribution is 6.31. The van der Waals surface area contributed by atoms with Crippen LogP contribution in [0.3, 0.4) is 0 Å². The number of halogens is 4. The third kappa shape index (κ3) is 3.97. The molecule has 148 valence electrons. The van der Waals surface area contributed by atoms with Crippen LogP contribution in [-0.2, 0) is 4.74 Å². The first kappa shape index (κ1) is 19.8. The van der Waals surface area contributed by atoms with Crippen LogP contribution in [0.25, 0.3) is 11.0 Å². The zero-order chi connectivity index (χ0) is 20.3. The summed E-state index contributed by atoms with van der Waals surface area (Å²) in [4.78, 5) is 6.79. The number of aromatic nitrogens is 2. The van der Waals surface area contributed by atoms with Crippen molar-refractivity contribution in [2.24, 2.45) is 5.16 Å². The first-order chi connectivity index (χ1) is 13.4. The monoisotopic (exact) mass is 413 g/mol. The minimum absolute atomic E-state index is 0.00383. The van der Waals surface area contributed by atoms with Crippen molar-refractivity contribution in [2.45, 2.75) is 0 Å². The largest absolute Gasteiger partial charge is 0.409 e. The number of imidazole rings is 1. The summed E-state index contributed by atoms with van der Waals surface area (Å²) in [6.07, 6.45) is 0. The second-order valence-electron chi connectivity index (χ2n) is 5.65. The summed E-state index contributed by atoms with van der Waals surface area (Å²) in [6, 6.07) is 4.55. The van der Waals surface area contributed by atoms with Gasteiger partial charge in [0, 0.05) is 24.9 Å². The molecule has 0 spiro atoms. The van der Waals surface area contributed by atoms with Crippen LogP contribution in [-0.4, -0.2) is 41.3 Å². The van der Waals surface area contributed by atoms with E-state index in [1.807, 2.05) is 0 Å². The highest BCUT2D eigenvalue weighted by atomic mass is 35.5. The molecule has 0 aliphatic carbocycles. The van der Waals surface area contributed by atoms with Crippen LogP contribution in [0.5, 0.6) is 0 Å². The molecule has 3 rings (SSSR count). The van der Waals surface area contributed by atoms with E-state index in [0.29, 0.717) is 13.2 Å². The Balaban J connectivity index is 2.01. The number of hydrogen-bond donors (Lipinski definition) is 4. The first-order valence-electron chi connectivity index (χ1n) is 7.99. The van der Waals surface area contributed by atoms with Crippen molar-refractivity contribution in [2.75, 3.05) is 30.9 Å². The van der Waals surface area contributed by atoms with Crippen LogP contribution in [0.1, 0.15) is 5.56 Å². The molecule has 0 saturated carbocycles. The molecule has 0 aliphatic rings. The average molecular weight is 414 g/mol. The summed E-state index contributed by atoms with van der Waals surface area (Å²) < 4.78 is 46.5. The Bertz CT molecular complexity index is 1040. The van der Waals surface area contributed by atoms with Crippen LogP contribution in [0.4, 0.5) is 24.8 Å². The lowest BCUT2D eigenvalue weighted by atomic mass is 10.1. The summed E-state index contributed by atoms with van der Waals surface area (Å²) in [6.45, 7) is 0.750. The zero-order valence-electron chi connectivity index (χ0n) is 14.5. The predicted octanol–water partition coefficient (Wildman–Crippen LogP) is 3.94. The lowest BCUT2D eigenvalue weighted by Gasteiger charge is -2.10. The number of oxime groups is 1. The Kier molecular flexibility index (Phi) is 5.90. The fraction of sp³-hybridized carbons (Fsp3) is 0.176. The molecule has 11 heteroatoms. The molecule has 0 fully saturated rings. The smallest absolute Gasteiger partial charge is 0.201 e. The second kappa shape index (κ2) is 8.36. The number of nitrogens with zero attached hydrogens (tertiary/aromatic N) is 2. The molecule has 1 aromatic heterocycles. The third-order valence-electron chi connectivity index (χ3n) is 3.80. The summed E-state index contributed by atoms with van der Waals surface area (Å²) >= 11 is 5.73. The summed E-state index contributed by atoms with van der Waals surface area (Å²) in [5, 5.41) is 17.9. The molecule has 0 radical (unpaired) electrons.